The molecule has 2 amide bonds. The van der Waals surface area contributed by atoms with Gasteiger partial charge in [-0.2, -0.15) is 0 Å². The molecule has 0 aliphatic rings. The highest BCUT2D eigenvalue weighted by Crippen LogP contribution is 2.39. The third-order valence-corrected chi connectivity index (χ3v) is 6.42. The van der Waals surface area contributed by atoms with Gasteiger partial charge in [-0.05, 0) is 57.5 Å². The molecule has 0 aliphatic heterocycles. The summed E-state index contributed by atoms with van der Waals surface area (Å²) in [5, 5.41) is 21.5. The number of thioether (sulfide) groups is 1. The molecule has 0 saturated carbocycles. The fourth-order valence-electron chi connectivity index (χ4n) is 3.07. The summed E-state index contributed by atoms with van der Waals surface area (Å²) in [6.07, 6.45) is 0. The van der Waals surface area contributed by atoms with Gasteiger partial charge in [0.1, 0.15) is 23.1 Å². The Morgan fingerprint density at radius 3 is 2.37 bits per heavy atom. The van der Waals surface area contributed by atoms with Crippen molar-refractivity contribution in [3.8, 4) is 0 Å². The minimum Gasteiger partial charge on any atom is -0.395 e. The number of primary amides is 1. The van der Waals surface area contributed by atoms with E-state index in [1.165, 1.54) is 38.8 Å². The molecular weight excluding hydrogens is 478 g/mol. The van der Waals surface area contributed by atoms with E-state index in [9.17, 15) is 23.5 Å². The minimum absolute atomic E-state index is 0.0903. The van der Waals surface area contributed by atoms with E-state index in [2.05, 4.69) is 10.3 Å². The topological polar surface area (TPSA) is 129 Å². The largest absolute Gasteiger partial charge is 0.395 e. The lowest BCUT2D eigenvalue weighted by atomic mass is 9.96. The molecule has 0 bridgehead atoms. The van der Waals surface area contributed by atoms with Crippen molar-refractivity contribution in [1.29, 1.82) is 0 Å². The number of carbonyl (C=O) groups is 2. The zero-order valence-corrected chi connectivity index (χ0v) is 21.0. The van der Waals surface area contributed by atoms with Gasteiger partial charge in [0.2, 0.25) is 5.91 Å². The van der Waals surface area contributed by atoms with Crippen LogP contribution >= 0.6 is 11.8 Å². The number of aliphatic hydroxyl groups is 2. The van der Waals surface area contributed by atoms with Crippen molar-refractivity contribution in [2.75, 3.05) is 25.5 Å². The van der Waals surface area contributed by atoms with E-state index in [4.69, 9.17) is 10.8 Å². The number of hydrogen-bond donors (Lipinski definition) is 4. The van der Waals surface area contributed by atoms with Crippen LogP contribution in [0.15, 0.2) is 40.9 Å². The highest BCUT2D eigenvalue weighted by molar-refractivity contribution is 8.03. The third-order valence-electron chi connectivity index (χ3n) is 5.19. The minimum atomic E-state index is -1.43. The molecule has 1 atom stereocenters. The fraction of sp³-hybridized carbons (Fsp3) is 0.375. The Morgan fingerprint density at radius 1 is 1.26 bits per heavy atom. The number of pyridine rings is 1. The zero-order chi connectivity index (χ0) is 26.5. The van der Waals surface area contributed by atoms with Crippen molar-refractivity contribution in [1.82, 2.24) is 9.88 Å². The maximum Gasteiger partial charge on any atom is 0.272 e. The second-order valence-corrected chi connectivity index (χ2v) is 9.83. The number of amides is 2. The molecule has 11 heteroatoms. The number of halogens is 2. The van der Waals surface area contributed by atoms with Crippen molar-refractivity contribution in [3.63, 3.8) is 0 Å². The van der Waals surface area contributed by atoms with Crippen molar-refractivity contribution in [2.24, 2.45) is 5.73 Å². The fourth-order valence-corrected chi connectivity index (χ4v) is 4.21. The van der Waals surface area contributed by atoms with Gasteiger partial charge in [-0.3, -0.25) is 9.59 Å². The van der Waals surface area contributed by atoms with Gasteiger partial charge in [0, 0.05) is 30.0 Å². The second kappa shape index (κ2) is 11.6. The van der Waals surface area contributed by atoms with Gasteiger partial charge in [0.25, 0.3) is 5.91 Å². The maximum absolute atomic E-state index is 14.8. The Balaban J connectivity index is 2.38. The molecule has 1 aromatic carbocycles. The summed E-state index contributed by atoms with van der Waals surface area (Å²) in [6, 6.07) is 6.78. The standard InChI is InChI=1S/C24H30F2N4O4S/c1-13(21(27)32)22(29-19-8-6-7-18(28-19)23(33)30(5)9-10-31)35-14(2)20-16(25)11-15(12-17(20)26)24(3,4)34/h6-8,11-12,14,31,34H,9-10H2,1-5H3,(H2,27,32)(H,28,29)/b22-13+. The van der Waals surface area contributed by atoms with Crippen LogP contribution in [0.25, 0.3) is 0 Å². The van der Waals surface area contributed by atoms with E-state index in [0.717, 1.165) is 23.9 Å². The third kappa shape index (κ3) is 7.23. The van der Waals surface area contributed by atoms with Crippen molar-refractivity contribution in [3.05, 3.63) is 69.4 Å². The van der Waals surface area contributed by atoms with Gasteiger partial charge in [-0.15, -0.1) is 0 Å². The van der Waals surface area contributed by atoms with Crippen LogP contribution in [0, 0.1) is 11.6 Å². The molecular formula is C24H30F2N4O4S. The van der Waals surface area contributed by atoms with Crippen LogP contribution in [0.2, 0.25) is 0 Å². The van der Waals surface area contributed by atoms with E-state index in [-0.39, 0.29) is 46.4 Å². The maximum atomic E-state index is 14.8. The van der Waals surface area contributed by atoms with E-state index in [1.54, 1.807) is 19.1 Å². The molecule has 0 radical (unpaired) electrons. The molecule has 0 fully saturated rings. The van der Waals surface area contributed by atoms with Crippen LogP contribution < -0.4 is 11.1 Å². The number of nitrogens with two attached hydrogens (primary N) is 1. The van der Waals surface area contributed by atoms with Gasteiger partial charge >= 0.3 is 0 Å². The van der Waals surface area contributed by atoms with Gasteiger partial charge in [0.05, 0.1) is 17.2 Å². The number of aliphatic hydroxyl groups excluding tert-OH is 1. The smallest absolute Gasteiger partial charge is 0.272 e. The van der Waals surface area contributed by atoms with Crippen LogP contribution in [0.3, 0.4) is 0 Å². The molecule has 0 saturated heterocycles. The van der Waals surface area contributed by atoms with E-state index in [1.807, 2.05) is 0 Å². The van der Waals surface area contributed by atoms with E-state index in [0.29, 0.717) is 0 Å². The lowest BCUT2D eigenvalue weighted by Crippen LogP contribution is -2.30. The highest BCUT2D eigenvalue weighted by Gasteiger charge is 2.25. The molecule has 1 unspecified atom stereocenters. The van der Waals surface area contributed by atoms with Gasteiger partial charge in [-0.1, -0.05) is 17.8 Å². The molecule has 2 aromatic rings. The van der Waals surface area contributed by atoms with Crippen molar-refractivity contribution < 1.29 is 28.6 Å². The van der Waals surface area contributed by atoms with Crippen LogP contribution in [-0.2, 0) is 10.4 Å². The summed E-state index contributed by atoms with van der Waals surface area (Å²) < 4.78 is 29.7. The normalized spacial score (nSPS) is 13.2. The highest BCUT2D eigenvalue weighted by atomic mass is 32.2. The summed E-state index contributed by atoms with van der Waals surface area (Å²) in [4.78, 5) is 29.9. The molecule has 190 valence electrons. The Kier molecular flexibility index (Phi) is 9.36. The molecule has 0 spiro atoms. The summed E-state index contributed by atoms with van der Waals surface area (Å²) in [7, 11) is 1.52. The quantitative estimate of drug-likeness (QED) is 0.363. The number of nitrogens with one attached hydrogen (secondary N) is 1. The molecule has 1 heterocycles. The van der Waals surface area contributed by atoms with Crippen LogP contribution in [0.1, 0.15) is 54.6 Å². The number of benzene rings is 1. The molecule has 1 aromatic heterocycles. The number of anilines is 1. The SMILES string of the molecule is C/C(C(N)=O)=C(/Nc1cccc(C(=O)N(C)CCO)n1)SC(C)c1c(F)cc(C(C)(C)O)cc1F. The van der Waals surface area contributed by atoms with Gasteiger partial charge < -0.3 is 26.2 Å². The molecule has 2 rings (SSSR count). The lowest BCUT2D eigenvalue weighted by Gasteiger charge is -2.22. The first-order chi connectivity index (χ1) is 16.3. The average Bonchev–Trinajstić information content (AvgIpc) is 2.76. The monoisotopic (exact) mass is 508 g/mol. The van der Waals surface area contributed by atoms with Gasteiger partial charge in [0.15, 0.2) is 0 Å². The summed E-state index contributed by atoms with van der Waals surface area (Å²) >= 11 is 0.956. The molecule has 35 heavy (non-hydrogen) atoms. The molecule has 5 N–H and O–H groups in total. The van der Waals surface area contributed by atoms with Crippen LogP contribution in [0.5, 0.6) is 0 Å². The first-order valence-electron chi connectivity index (χ1n) is 10.8. The number of carbonyl (C=O) groups excluding carboxylic acids is 2. The van der Waals surface area contributed by atoms with Crippen molar-refractivity contribution >= 4 is 29.4 Å². The predicted molar refractivity (Wildman–Crippen MR) is 131 cm³/mol. The number of nitrogens with zero attached hydrogens (tertiary/aromatic N) is 2. The summed E-state index contributed by atoms with van der Waals surface area (Å²) in [6.45, 7) is 5.78. The van der Waals surface area contributed by atoms with Crippen molar-refractivity contribution in [2.45, 2.75) is 38.5 Å². The first-order valence-corrected chi connectivity index (χ1v) is 11.6. The van der Waals surface area contributed by atoms with Crippen LogP contribution in [0.4, 0.5) is 14.6 Å². The summed E-state index contributed by atoms with van der Waals surface area (Å²) in [5.41, 5.74) is 4.08. The second-order valence-electron chi connectivity index (χ2n) is 8.47. The number of hydrogen-bond acceptors (Lipinski definition) is 7. The van der Waals surface area contributed by atoms with Crippen LogP contribution in [-0.4, -0.2) is 52.1 Å². The lowest BCUT2D eigenvalue weighted by molar-refractivity contribution is -0.114. The predicted octanol–water partition coefficient (Wildman–Crippen LogP) is 3.27. The number of aromatic nitrogens is 1. The Hall–Kier alpha value is -3.02. The van der Waals surface area contributed by atoms with Gasteiger partial charge in [-0.25, -0.2) is 13.8 Å². The van der Waals surface area contributed by atoms with E-state index >= 15 is 0 Å². The molecule has 8 nitrogen and oxygen atoms in total. The number of likely N-dealkylation sites (N-methyl/N-ethyl adjacent to an activating group) is 1. The zero-order valence-electron chi connectivity index (χ0n) is 20.2. The Labute approximate surface area is 207 Å². The van der Waals surface area contributed by atoms with E-state index < -0.39 is 34.3 Å². The first kappa shape index (κ1) is 28.2. The average molecular weight is 509 g/mol. The summed E-state index contributed by atoms with van der Waals surface area (Å²) in [5.74, 6) is -2.63. The molecule has 0 aliphatic carbocycles. The Bertz CT molecular complexity index is 1110. The number of rotatable bonds is 10. The Morgan fingerprint density at radius 2 is 1.86 bits per heavy atom.